The van der Waals surface area contributed by atoms with Crippen LogP contribution in [0.4, 0.5) is 0 Å². The van der Waals surface area contributed by atoms with Crippen LogP contribution < -0.4 is 0 Å². The number of fused-ring (bicyclic) bond motifs is 2. The Morgan fingerprint density at radius 1 is 0.574 bits per heavy atom. The van der Waals surface area contributed by atoms with Gasteiger partial charge in [0.15, 0.2) is 0 Å². The molecule has 4 aliphatic rings. The van der Waals surface area contributed by atoms with Crippen LogP contribution in [-0.2, 0) is 17.4 Å². The number of hydrogen-bond acceptors (Lipinski definition) is 0. The number of hydrogen-bond donors (Lipinski definition) is 0. The molecule has 0 bridgehead atoms. The third-order valence-corrected chi connectivity index (χ3v) is 31.4. The van der Waals surface area contributed by atoms with E-state index in [-0.39, 0.29) is 24.8 Å². The second-order valence-corrected chi connectivity index (χ2v) is 49.9. The largest absolute Gasteiger partial charge is 0.147 e. The SMILES string of the molecule is CCCC1(CC2=Cc3c(-c4cc(C)cc(C)c4)cccc3[CH]2[Zr]([CH3])([CH3])(=[SiH2])[CH]2C(CC3(CCC)CC3)=Cc3c(-c4cc(C)cc(C)c4)cccc32)CC1.Cl.Cl. The minimum atomic E-state index is -3.85. The van der Waals surface area contributed by atoms with Crippen LogP contribution in [0.1, 0.15) is 130 Å². The molecule has 2 fully saturated rings. The zero-order valence-corrected chi connectivity index (χ0v) is 39.8. The third kappa shape index (κ3) is 7.58. The van der Waals surface area contributed by atoms with E-state index in [0.29, 0.717) is 18.1 Å². The molecule has 2 saturated carbocycles. The van der Waals surface area contributed by atoms with Crippen LogP contribution in [0.5, 0.6) is 0 Å². The summed E-state index contributed by atoms with van der Waals surface area (Å²) >= 11 is -3.85. The van der Waals surface area contributed by atoms with E-state index < -0.39 is 17.4 Å². The van der Waals surface area contributed by atoms with Crippen molar-refractivity contribution in [1.82, 2.24) is 0 Å². The molecule has 0 spiro atoms. The summed E-state index contributed by atoms with van der Waals surface area (Å²) in [6.07, 6.45) is 19.1. The van der Waals surface area contributed by atoms with E-state index in [4.69, 9.17) is 0 Å². The maximum Gasteiger partial charge on any atom is -0.147 e. The Labute approximate surface area is 342 Å². The monoisotopic (exact) mass is 852 g/mol. The number of benzene rings is 4. The Bertz CT molecular complexity index is 2030. The van der Waals surface area contributed by atoms with Crippen LogP contribution in [0.3, 0.4) is 0 Å². The van der Waals surface area contributed by atoms with Gasteiger partial charge >= 0.3 is 320 Å². The van der Waals surface area contributed by atoms with Gasteiger partial charge in [-0.2, -0.15) is 0 Å². The summed E-state index contributed by atoms with van der Waals surface area (Å²) in [5.74, 6) is 0. The maximum atomic E-state index is 2.90. The van der Waals surface area contributed by atoms with E-state index in [1.165, 1.54) is 120 Å². The van der Waals surface area contributed by atoms with Crippen molar-refractivity contribution in [2.24, 2.45) is 10.8 Å². The molecule has 2 atom stereocenters. The van der Waals surface area contributed by atoms with E-state index in [1.807, 2.05) is 0 Å². The van der Waals surface area contributed by atoms with Crippen molar-refractivity contribution in [2.45, 2.75) is 122 Å². The van der Waals surface area contributed by atoms with Gasteiger partial charge in [-0.25, -0.2) is 0 Å². The van der Waals surface area contributed by atoms with E-state index >= 15 is 0 Å². The van der Waals surface area contributed by atoms with Crippen LogP contribution in [0.2, 0.25) is 9.26 Å². The van der Waals surface area contributed by atoms with Crippen LogP contribution >= 0.6 is 24.8 Å². The van der Waals surface area contributed by atoms with Gasteiger partial charge in [0.25, 0.3) is 0 Å². The van der Waals surface area contributed by atoms with Crippen molar-refractivity contribution < 1.29 is 17.4 Å². The number of halogens is 2. The van der Waals surface area contributed by atoms with Crippen LogP contribution in [0, 0.1) is 38.5 Å². The normalized spacial score (nSPS) is 20.2. The molecular formula is C50H64Cl2SiZr. The molecule has 2 unspecified atom stereocenters. The summed E-state index contributed by atoms with van der Waals surface area (Å²) < 4.78 is 6.90. The smallest absolute Gasteiger partial charge is 0.147 e. The van der Waals surface area contributed by atoms with Crippen molar-refractivity contribution in [3.63, 3.8) is 0 Å². The molecule has 0 N–H and O–H groups in total. The van der Waals surface area contributed by atoms with E-state index in [9.17, 15) is 0 Å². The van der Waals surface area contributed by atoms with Gasteiger partial charge < -0.3 is 0 Å². The number of rotatable bonds is 12. The van der Waals surface area contributed by atoms with Crippen LogP contribution in [-0.4, -0.2) is 6.88 Å². The molecule has 4 aromatic rings. The summed E-state index contributed by atoms with van der Waals surface area (Å²) in [4.78, 5) is 0. The van der Waals surface area contributed by atoms with Gasteiger partial charge in [-0.1, -0.05) is 0 Å². The van der Waals surface area contributed by atoms with E-state index in [1.54, 1.807) is 22.3 Å². The molecule has 0 amide bonds. The van der Waals surface area contributed by atoms with Gasteiger partial charge in [0.05, 0.1) is 0 Å². The fourth-order valence-corrected chi connectivity index (χ4v) is 31.4. The second-order valence-electron chi connectivity index (χ2n) is 19.5. The number of allylic oxidation sites excluding steroid dienone is 2. The second kappa shape index (κ2) is 15.1. The van der Waals surface area contributed by atoms with Gasteiger partial charge in [0.2, 0.25) is 0 Å². The quantitative estimate of drug-likeness (QED) is 0.125. The van der Waals surface area contributed by atoms with Crippen LogP contribution in [0.25, 0.3) is 34.4 Å². The summed E-state index contributed by atoms with van der Waals surface area (Å²) in [5.41, 5.74) is 22.1. The first-order valence-electron chi connectivity index (χ1n) is 20.6. The fourth-order valence-electron chi connectivity index (χ4n) is 11.7. The molecule has 4 aromatic carbocycles. The average molecular weight is 855 g/mol. The first-order chi connectivity index (χ1) is 24.7. The van der Waals surface area contributed by atoms with Gasteiger partial charge in [0.1, 0.15) is 0 Å². The number of aryl methyl sites for hydroxylation is 4. The van der Waals surface area contributed by atoms with Gasteiger partial charge in [-0.3, -0.25) is 0 Å². The standard InChI is InChI=1S/2C24H27.2CH3.2ClH.H2Si.Zr/c2*1-4-8-24(9-10-24)16-19-14-20-6-5-7-22(23(20)15-19)21-12-17(2)11-18(3)13-21;;;;;;/h2*5-7,11-15H,4,8-10,16H2,1-3H3;2*1H3;2*1H;1H2;. The molecule has 0 nitrogen and oxygen atoms in total. The predicted molar refractivity (Wildman–Crippen MR) is 241 cm³/mol. The zero-order chi connectivity index (χ0) is 36.7. The molecule has 0 heterocycles. The molecule has 0 saturated heterocycles. The third-order valence-electron chi connectivity index (χ3n) is 13.9. The van der Waals surface area contributed by atoms with Gasteiger partial charge in [0, 0.05) is 0 Å². The Morgan fingerprint density at radius 3 is 1.24 bits per heavy atom. The minimum Gasteiger partial charge on any atom is -0.147 e. The minimum absolute atomic E-state index is 0. The summed E-state index contributed by atoms with van der Waals surface area (Å²) in [5, 5.41) is 0. The van der Waals surface area contributed by atoms with Crippen molar-refractivity contribution in [1.29, 1.82) is 0 Å². The van der Waals surface area contributed by atoms with Gasteiger partial charge in [-0.05, 0) is 0 Å². The van der Waals surface area contributed by atoms with Crippen molar-refractivity contribution in [3.8, 4) is 22.3 Å². The molecular weight excluding hydrogens is 791 g/mol. The van der Waals surface area contributed by atoms with Gasteiger partial charge in [-0.15, -0.1) is 24.8 Å². The molecule has 286 valence electrons. The molecule has 54 heavy (non-hydrogen) atoms. The average Bonchev–Trinajstić information content (AvgIpc) is 3.92. The molecule has 8 rings (SSSR count). The van der Waals surface area contributed by atoms with Crippen molar-refractivity contribution >= 4 is 43.8 Å². The van der Waals surface area contributed by atoms with Crippen LogP contribution in [0.15, 0.2) is 83.9 Å². The molecule has 4 heteroatoms. The maximum absolute atomic E-state index is 3.85. The Morgan fingerprint density at radius 2 is 0.926 bits per heavy atom. The predicted octanol–water partition coefficient (Wildman–Crippen LogP) is 14.9. The topological polar surface area (TPSA) is 0 Å². The Kier molecular flexibility index (Phi) is 11.6. The molecule has 0 aliphatic heterocycles. The molecule has 0 aromatic heterocycles. The summed E-state index contributed by atoms with van der Waals surface area (Å²) in [7, 11) is 0. The van der Waals surface area contributed by atoms with E-state index in [0.717, 1.165) is 0 Å². The van der Waals surface area contributed by atoms with Crippen molar-refractivity contribution in [3.05, 3.63) is 128 Å². The molecule has 0 radical (unpaired) electrons. The summed E-state index contributed by atoms with van der Waals surface area (Å²) in [6, 6.07) is 29.1. The fraction of sp³-hybridized carbons (Fsp3) is 0.440. The Balaban J connectivity index is 0.00000249. The summed E-state index contributed by atoms with van der Waals surface area (Å²) in [6.45, 7) is 16.4. The molecule has 4 aliphatic carbocycles. The zero-order valence-electron chi connectivity index (χ0n) is 34.3. The van der Waals surface area contributed by atoms with Crippen molar-refractivity contribution in [2.75, 3.05) is 0 Å². The first kappa shape index (κ1) is 41.7. The first-order valence-corrected chi connectivity index (χ1v) is 34.3. The van der Waals surface area contributed by atoms with E-state index in [2.05, 4.69) is 143 Å². The Hall–Kier alpha value is -1.96.